The van der Waals surface area contributed by atoms with E-state index in [9.17, 15) is 4.79 Å². The van der Waals surface area contributed by atoms with E-state index < -0.39 is 0 Å². The van der Waals surface area contributed by atoms with Gasteiger partial charge in [-0.1, -0.05) is 15.9 Å². The minimum atomic E-state index is 0.00556. The van der Waals surface area contributed by atoms with Crippen LogP contribution in [0.4, 0.5) is 0 Å². The lowest BCUT2D eigenvalue weighted by atomic mass is 10.2. The van der Waals surface area contributed by atoms with Crippen LogP contribution in [0.2, 0.25) is 0 Å². The van der Waals surface area contributed by atoms with E-state index in [1.807, 2.05) is 24.3 Å². The molecule has 2 rings (SSSR count). The highest BCUT2D eigenvalue weighted by atomic mass is 79.9. The van der Waals surface area contributed by atoms with Gasteiger partial charge < -0.3 is 4.42 Å². The highest BCUT2D eigenvalue weighted by Gasteiger charge is 2.09. The zero-order valence-electron chi connectivity index (χ0n) is 8.61. The predicted molar refractivity (Wildman–Crippen MR) is 61.8 cm³/mol. The highest BCUT2D eigenvalue weighted by molar-refractivity contribution is 9.10. The standard InChI is InChI=1S/C11H9BrN2O2/c1-7(15)6-10-13-14-11(16-10)8-2-4-9(12)5-3-8/h2-5H,6H2,1H3. The van der Waals surface area contributed by atoms with Crippen LogP contribution in [0.3, 0.4) is 0 Å². The summed E-state index contributed by atoms with van der Waals surface area (Å²) < 4.78 is 6.35. The van der Waals surface area contributed by atoms with Crippen LogP contribution in [0.5, 0.6) is 0 Å². The fourth-order valence-corrected chi connectivity index (χ4v) is 1.51. The van der Waals surface area contributed by atoms with Gasteiger partial charge in [-0.25, -0.2) is 0 Å². The fourth-order valence-electron chi connectivity index (χ4n) is 1.25. The van der Waals surface area contributed by atoms with Crippen LogP contribution >= 0.6 is 15.9 Å². The number of aromatic nitrogens is 2. The lowest BCUT2D eigenvalue weighted by Crippen LogP contribution is -1.95. The van der Waals surface area contributed by atoms with Gasteiger partial charge in [-0.3, -0.25) is 4.79 Å². The summed E-state index contributed by atoms with van der Waals surface area (Å²) in [5.74, 6) is 0.792. The van der Waals surface area contributed by atoms with Crippen molar-refractivity contribution in [2.24, 2.45) is 0 Å². The molecule has 2 aromatic rings. The van der Waals surface area contributed by atoms with Crippen LogP contribution in [0.1, 0.15) is 12.8 Å². The molecule has 1 aromatic carbocycles. The van der Waals surface area contributed by atoms with Gasteiger partial charge in [0.25, 0.3) is 0 Å². The molecule has 0 bridgehead atoms. The molecule has 0 fully saturated rings. The Morgan fingerprint density at radius 2 is 2.00 bits per heavy atom. The van der Waals surface area contributed by atoms with Gasteiger partial charge in [-0.15, -0.1) is 10.2 Å². The second-order valence-electron chi connectivity index (χ2n) is 3.39. The van der Waals surface area contributed by atoms with E-state index >= 15 is 0 Å². The number of halogens is 1. The predicted octanol–water partition coefficient (Wildman–Crippen LogP) is 2.63. The molecule has 0 spiro atoms. The molecule has 0 radical (unpaired) electrons. The molecular weight excluding hydrogens is 272 g/mol. The quantitative estimate of drug-likeness (QED) is 0.867. The average Bonchev–Trinajstić information content (AvgIpc) is 2.66. The second kappa shape index (κ2) is 4.57. The molecule has 0 unspecified atom stereocenters. The molecular formula is C11H9BrN2O2. The summed E-state index contributed by atoms with van der Waals surface area (Å²) in [7, 11) is 0. The largest absolute Gasteiger partial charge is 0.420 e. The number of rotatable bonds is 3. The highest BCUT2D eigenvalue weighted by Crippen LogP contribution is 2.20. The molecule has 16 heavy (non-hydrogen) atoms. The Morgan fingerprint density at radius 3 is 2.62 bits per heavy atom. The number of hydrogen-bond acceptors (Lipinski definition) is 4. The van der Waals surface area contributed by atoms with Crippen molar-refractivity contribution in [1.29, 1.82) is 0 Å². The fraction of sp³-hybridized carbons (Fsp3) is 0.182. The van der Waals surface area contributed by atoms with Gasteiger partial charge in [-0.05, 0) is 31.2 Å². The van der Waals surface area contributed by atoms with Gasteiger partial charge in [0, 0.05) is 10.0 Å². The van der Waals surface area contributed by atoms with Gasteiger partial charge in [0.15, 0.2) is 0 Å². The number of nitrogens with zero attached hydrogens (tertiary/aromatic N) is 2. The Hall–Kier alpha value is -1.49. The third-order valence-corrected chi connectivity index (χ3v) is 2.49. The molecule has 0 amide bonds. The number of hydrogen-bond donors (Lipinski definition) is 0. The first-order valence-corrected chi connectivity index (χ1v) is 5.52. The monoisotopic (exact) mass is 280 g/mol. The van der Waals surface area contributed by atoms with Gasteiger partial charge in [0.05, 0.1) is 6.42 Å². The molecule has 0 saturated carbocycles. The Kier molecular flexibility index (Phi) is 3.14. The molecule has 0 saturated heterocycles. The third-order valence-electron chi connectivity index (χ3n) is 1.96. The van der Waals surface area contributed by atoms with Crippen LogP contribution in [0.15, 0.2) is 33.2 Å². The summed E-state index contributed by atoms with van der Waals surface area (Å²) in [6.07, 6.45) is 0.184. The van der Waals surface area contributed by atoms with Gasteiger partial charge in [0.2, 0.25) is 11.8 Å². The van der Waals surface area contributed by atoms with Crippen molar-refractivity contribution in [3.63, 3.8) is 0 Å². The van der Waals surface area contributed by atoms with Crippen molar-refractivity contribution in [2.75, 3.05) is 0 Å². The number of ketones is 1. The molecule has 4 nitrogen and oxygen atoms in total. The zero-order valence-corrected chi connectivity index (χ0v) is 10.2. The first-order valence-electron chi connectivity index (χ1n) is 4.73. The average molecular weight is 281 g/mol. The number of Topliss-reactive ketones (excluding diaryl/α,β-unsaturated/α-hetero) is 1. The molecule has 0 atom stereocenters. The number of carbonyl (C=O) groups excluding carboxylic acids is 1. The van der Waals surface area contributed by atoms with E-state index in [1.54, 1.807) is 0 Å². The van der Waals surface area contributed by atoms with Crippen molar-refractivity contribution >= 4 is 21.7 Å². The van der Waals surface area contributed by atoms with Crippen molar-refractivity contribution in [3.8, 4) is 11.5 Å². The van der Waals surface area contributed by atoms with Crippen LogP contribution in [-0.4, -0.2) is 16.0 Å². The smallest absolute Gasteiger partial charge is 0.247 e. The van der Waals surface area contributed by atoms with E-state index in [-0.39, 0.29) is 12.2 Å². The summed E-state index contributed by atoms with van der Waals surface area (Å²) in [5.41, 5.74) is 0.838. The van der Waals surface area contributed by atoms with Crippen LogP contribution in [0.25, 0.3) is 11.5 Å². The molecule has 0 aliphatic rings. The van der Waals surface area contributed by atoms with E-state index in [4.69, 9.17) is 4.42 Å². The molecule has 82 valence electrons. The second-order valence-corrected chi connectivity index (χ2v) is 4.30. The van der Waals surface area contributed by atoms with Crippen molar-refractivity contribution in [2.45, 2.75) is 13.3 Å². The SMILES string of the molecule is CC(=O)Cc1nnc(-c2ccc(Br)cc2)o1. The van der Waals surface area contributed by atoms with E-state index in [1.165, 1.54) is 6.92 Å². The van der Waals surface area contributed by atoms with Crippen LogP contribution < -0.4 is 0 Å². The molecule has 0 aliphatic heterocycles. The van der Waals surface area contributed by atoms with Crippen molar-refractivity contribution in [1.82, 2.24) is 10.2 Å². The summed E-state index contributed by atoms with van der Waals surface area (Å²) in [5, 5.41) is 7.69. The maximum absolute atomic E-state index is 10.9. The molecule has 1 heterocycles. The Labute approximate surface area is 101 Å². The van der Waals surface area contributed by atoms with E-state index in [2.05, 4.69) is 26.1 Å². The van der Waals surface area contributed by atoms with Crippen molar-refractivity contribution < 1.29 is 9.21 Å². The zero-order chi connectivity index (χ0) is 11.5. The summed E-state index contributed by atoms with van der Waals surface area (Å²) in [6.45, 7) is 1.49. The number of carbonyl (C=O) groups is 1. The molecule has 1 aromatic heterocycles. The Morgan fingerprint density at radius 1 is 1.31 bits per heavy atom. The van der Waals surface area contributed by atoms with Crippen LogP contribution in [0, 0.1) is 0 Å². The maximum atomic E-state index is 10.9. The van der Waals surface area contributed by atoms with Gasteiger partial charge in [-0.2, -0.15) is 0 Å². The van der Waals surface area contributed by atoms with Crippen molar-refractivity contribution in [3.05, 3.63) is 34.6 Å². The van der Waals surface area contributed by atoms with Gasteiger partial charge in [0.1, 0.15) is 5.78 Å². The van der Waals surface area contributed by atoms with E-state index in [0.717, 1.165) is 10.0 Å². The molecule has 0 aliphatic carbocycles. The lowest BCUT2D eigenvalue weighted by Gasteiger charge is -1.94. The lowest BCUT2D eigenvalue weighted by molar-refractivity contribution is -0.116. The van der Waals surface area contributed by atoms with Gasteiger partial charge >= 0.3 is 0 Å². The van der Waals surface area contributed by atoms with E-state index in [0.29, 0.717) is 11.8 Å². The number of benzene rings is 1. The molecule has 5 heteroatoms. The minimum absolute atomic E-state index is 0.00556. The van der Waals surface area contributed by atoms with Crippen LogP contribution in [-0.2, 0) is 11.2 Å². The summed E-state index contributed by atoms with van der Waals surface area (Å²) in [6, 6.07) is 7.53. The topological polar surface area (TPSA) is 56.0 Å². The Balaban J connectivity index is 2.24. The first kappa shape index (κ1) is 11.0. The minimum Gasteiger partial charge on any atom is -0.420 e. The summed E-state index contributed by atoms with van der Waals surface area (Å²) >= 11 is 3.34. The normalized spacial score (nSPS) is 10.4. The maximum Gasteiger partial charge on any atom is 0.247 e. The first-order chi connectivity index (χ1) is 7.65. The molecule has 0 N–H and O–H groups in total. The third kappa shape index (κ3) is 2.55. The Bertz CT molecular complexity index is 505. The summed E-state index contributed by atoms with van der Waals surface area (Å²) in [4.78, 5) is 10.9.